The van der Waals surface area contributed by atoms with Crippen LogP contribution in [0.5, 0.6) is 11.5 Å². The maximum Gasteiger partial charge on any atom is 0.165 e. The highest BCUT2D eigenvalue weighted by Crippen LogP contribution is 2.34. The molecule has 4 heteroatoms. The van der Waals surface area contributed by atoms with E-state index in [-0.39, 0.29) is 11.6 Å². The first kappa shape index (κ1) is 21.2. The minimum atomic E-state index is -0.461. The molecule has 0 aliphatic carbocycles. The summed E-state index contributed by atoms with van der Waals surface area (Å²) in [5.41, 5.74) is 1.49. The van der Waals surface area contributed by atoms with Crippen molar-refractivity contribution in [2.75, 3.05) is 0 Å². The van der Waals surface area contributed by atoms with Gasteiger partial charge in [0.25, 0.3) is 0 Å². The Morgan fingerprint density at radius 3 is 2.45 bits per heavy atom. The fourth-order valence-electron chi connectivity index (χ4n) is 3.18. The average molecular weight is 427 g/mol. The van der Waals surface area contributed by atoms with Crippen molar-refractivity contribution >= 4 is 23.2 Å². The van der Waals surface area contributed by atoms with E-state index in [1.807, 2.05) is 37.3 Å². The Morgan fingerprint density at radius 2 is 1.76 bits per heavy atom. The van der Waals surface area contributed by atoms with Crippen LogP contribution >= 0.6 is 23.2 Å². The molecule has 0 aromatic heterocycles. The molecule has 0 N–H and O–H groups in total. The van der Waals surface area contributed by atoms with Gasteiger partial charge in [0.15, 0.2) is 11.6 Å². The molecule has 1 unspecified atom stereocenters. The van der Waals surface area contributed by atoms with Gasteiger partial charge >= 0.3 is 0 Å². The topological polar surface area (TPSA) is 9.23 Å². The molecule has 0 amide bonds. The molecule has 0 spiro atoms. The number of aryl methyl sites for hydroxylation is 1. The first-order chi connectivity index (χ1) is 13.9. The van der Waals surface area contributed by atoms with E-state index in [0.717, 1.165) is 30.4 Å². The summed E-state index contributed by atoms with van der Waals surface area (Å²) in [5.74, 6) is 3.33. The van der Waals surface area contributed by atoms with Crippen LogP contribution in [0.15, 0.2) is 66.7 Å². The molecule has 0 radical (unpaired) electrons. The Hall–Kier alpha value is -2.47. The predicted octanol–water partition coefficient (Wildman–Crippen LogP) is 7.84. The van der Waals surface area contributed by atoms with Crippen molar-refractivity contribution in [3.8, 4) is 23.8 Å². The monoisotopic (exact) mass is 426 g/mol. The standard InChI is InChI=1S/C25H21Cl2FO/c1-3-25(2,19-12-13-21(26)22(27)17-19)15-7-8-18-11-14-23(28)24(16-18)29-20-9-5-4-6-10-20/h1,4-6,9-14,16-17H,7-8,15H2,2H3. The zero-order valence-electron chi connectivity index (χ0n) is 16.1. The molecule has 0 fully saturated rings. The van der Waals surface area contributed by atoms with Crippen LogP contribution in [0.2, 0.25) is 10.0 Å². The fourth-order valence-corrected chi connectivity index (χ4v) is 3.48. The first-order valence-electron chi connectivity index (χ1n) is 9.36. The van der Waals surface area contributed by atoms with E-state index >= 15 is 0 Å². The highest BCUT2D eigenvalue weighted by Gasteiger charge is 2.24. The van der Waals surface area contributed by atoms with Gasteiger partial charge in [0.05, 0.1) is 15.5 Å². The van der Waals surface area contributed by atoms with Crippen molar-refractivity contribution in [1.82, 2.24) is 0 Å². The number of ether oxygens (including phenoxy) is 1. The van der Waals surface area contributed by atoms with Crippen LogP contribution in [0.1, 0.15) is 30.9 Å². The van der Waals surface area contributed by atoms with Gasteiger partial charge in [-0.1, -0.05) is 59.5 Å². The van der Waals surface area contributed by atoms with Gasteiger partial charge < -0.3 is 4.74 Å². The minimum Gasteiger partial charge on any atom is -0.454 e. The summed E-state index contributed by atoms with van der Waals surface area (Å²) in [6, 6.07) is 19.6. The minimum absolute atomic E-state index is 0.220. The van der Waals surface area contributed by atoms with Gasteiger partial charge in [0.1, 0.15) is 5.75 Å². The second-order valence-electron chi connectivity index (χ2n) is 7.14. The number of terminal acetylenes is 1. The number of para-hydroxylation sites is 1. The molecule has 0 saturated carbocycles. The van der Waals surface area contributed by atoms with E-state index in [9.17, 15) is 4.39 Å². The molecule has 0 bridgehead atoms. The number of halogens is 3. The van der Waals surface area contributed by atoms with Crippen LogP contribution in [-0.2, 0) is 11.8 Å². The lowest BCUT2D eigenvalue weighted by Gasteiger charge is -2.24. The molecular weight excluding hydrogens is 406 g/mol. The van der Waals surface area contributed by atoms with Crippen LogP contribution in [-0.4, -0.2) is 0 Å². The molecule has 1 atom stereocenters. The molecule has 1 nitrogen and oxygen atoms in total. The zero-order chi connectivity index (χ0) is 20.9. The smallest absolute Gasteiger partial charge is 0.165 e. The molecule has 0 aliphatic heterocycles. The van der Waals surface area contributed by atoms with E-state index in [2.05, 4.69) is 5.92 Å². The van der Waals surface area contributed by atoms with E-state index in [0.29, 0.717) is 15.8 Å². The van der Waals surface area contributed by atoms with Crippen molar-refractivity contribution in [2.24, 2.45) is 0 Å². The molecule has 29 heavy (non-hydrogen) atoms. The Balaban J connectivity index is 1.68. The number of benzene rings is 3. The Kier molecular flexibility index (Phi) is 6.85. The van der Waals surface area contributed by atoms with Crippen molar-refractivity contribution in [2.45, 2.75) is 31.6 Å². The summed E-state index contributed by atoms with van der Waals surface area (Å²) in [6.45, 7) is 2.02. The zero-order valence-corrected chi connectivity index (χ0v) is 17.6. The first-order valence-corrected chi connectivity index (χ1v) is 10.1. The Bertz CT molecular complexity index is 1030. The van der Waals surface area contributed by atoms with Gasteiger partial charge in [-0.15, -0.1) is 6.42 Å². The van der Waals surface area contributed by atoms with Crippen LogP contribution in [0.3, 0.4) is 0 Å². The molecule has 0 aliphatic rings. The highest BCUT2D eigenvalue weighted by molar-refractivity contribution is 6.42. The van der Waals surface area contributed by atoms with Gasteiger partial charge in [-0.3, -0.25) is 0 Å². The van der Waals surface area contributed by atoms with Crippen LogP contribution < -0.4 is 4.74 Å². The van der Waals surface area contributed by atoms with Gasteiger partial charge in [-0.25, -0.2) is 4.39 Å². The van der Waals surface area contributed by atoms with Crippen LogP contribution in [0.25, 0.3) is 0 Å². The predicted molar refractivity (Wildman–Crippen MR) is 119 cm³/mol. The van der Waals surface area contributed by atoms with Crippen LogP contribution in [0.4, 0.5) is 4.39 Å². The quantitative estimate of drug-likeness (QED) is 0.349. The third-order valence-corrected chi connectivity index (χ3v) is 5.72. The Labute approximate surface area is 181 Å². The normalized spacial score (nSPS) is 12.8. The van der Waals surface area contributed by atoms with Gasteiger partial charge in [-0.2, -0.15) is 0 Å². The molecule has 3 aromatic carbocycles. The number of hydrogen-bond acceptors (Lipinski definition) is 1. The van der Waals surface area contributed by atoms with Crippen LogP contribution in [0, 0.1) is 18.2 Å². The maximum absolute atomic E-state index is 14.1. The second kappa shape index (κ2) is 9.35. The average Bonchev–Trinajstić information content (AvgIpc) is 2.73. The van der Waals surface area contributed by atoms with E-state index in [1.165, 1.54) is 6.07 Å². The maximum atomic E-state index is 14.1. The summed E-state index contributed by atoms with van der Waals surface area (Å²) in [5, 5.41) is 0.999. The van der Waals surface area contributed by atoms with E-state index in [4.69, 9.17) is 34.4 Å². The molecule has 0 heterocycles. The lowest BCUT2D eigenvalue weighted by molar-refractivity contribution is 0.441. The summed E-state index contributed by atoms with van der Waals surface area (Å²) >= 11 is 12.2. The van der Waals surface area contributed by atoms with Gasteiger partial charge in [0, 0.05) is 0 Å². The van der Waals surface area contributed by atoms with Crippen molar-refractivity contribution in [3.05, 3.63) is 93.7 Å². The second-order valence-corrected chi connectivity index (χ2v) is 7.95. The lowest BCUT2D eigenvalue weighted by atomic mass is 9.78. The molecule has 0 saturated heterocycles. The summed E-state index contributed by atoms with van der Waals surface area (Å²) < 4.78 is 19.8. The third kappa shape index (κ3) is 5.32. The van der Waals surface area contributed by atoms with Gasteiger partial charge in [0.2, 0.25) is 0 Å². The lowest BCUT2D eigenvalue weighted by Crippen LogP contribution is -2.19. The summed E-state index contributed by atoms with van der Waals surface area (Å²) in [4.78, 5) is 0. The summed E-state index contributed by atoms with van der Waals surface area (Å²) in [6.07, 6.45) is 8.18. The highest BCUT2D eigenvalue weighted by atomic mass is 35.5. The summed E-state index contributed by atoms with van der Waals surface area (Å²) in [7, 11) is 0. The molecule has 148 valence electrons. The van der Waals surface area contributed by atoms with Crippen molar-refractivity contribution < 1.29 is 9.13 Å². The molecule has 3 rings (SSSR count). The largest absolute Gasteiger partial charge is 0.454 e. The van der Waals surface area contributed by atoms with E-state index in [1.54, 1.807) is 30.3 Å². The van der Waals surface area contributed by atoms with Crippen molar-refractivity contribution in [3.63, 3.8) is 0 Å². The molecular formula is C25H21Cl2FO. The number of hydrogen-bond donors (Lipinski definition) is 0. The van der Waals surface area contributed by atoms with Crippen molar-refractivity contribution in [1.29, 1.82) is 0 Å². The van der Waals surface area contributed by atoms with Gasteiger partial charge in [-0.05, 0) is 73.7 Å². The fraction of sp³-hybridized carbons (Fsp3) is 0.200. The van der Waals surface area contributed by atoms with E-state index < -0.39 is 5.41 Å². The third-order valence-electron chi connectivity index (χ3n) is 4.98. The number of rotatable bonds is 7. The SMILES string of the molecule is C#CC(C)(CCCc1ccc(F)c(Oc2ccccc2)c1)c1ccc(Cl)c(Cl)c1. The Morgan fingerprint density at radius 1 is 1.00 bits per heavy atom. The molecule has 3 aromatic rings.